The van der Waals surface area contributed by atoms with Crippen molar-refractivity contribution in [1.29, 1.82) is 0 Å². The minimum Gasteiger partial charge on any atom is -0.490 e. The summed E-state index contributed by atoms with van der Waals surface area (Å²) in [5.41, 5.74) is 0. The number of carbonyl (C=O) groups excluding carboxylic acids is 2. The average Bonchev–Trinajstić information content (AvgIpc) is 2.60. The number of piperidine rings is 1. The molecule has 0 radical (unpaired) electrons. The topological polar surface area (TPSA) is 55.8 Å². The second-order valence-corrected chi connectivity index (χ2v) is 5.64. The molecule has 1 amide bonds. The minimum atomic E-state index is -0.0429. The number of hydrogen-bond acceptors (Lipinski definition) is 4. The summed E-state index contributed by atoms with van der Waals surface area (Å²) >= 11 is 0. The van der Waals surface area contributed by atoms with Crippen LogP contribution in [0.5, 0.6) is 11.5 Å². The molecule has 0 aliphatic carbocycles. The summed E-state index contributed by atoms with van der Waals surface area (Å²) in [5, 5.41) is 0. The Bertz CT molecular complexity index is 536. The van der Waals surface area contributed by atoms with Gasteiger partial charge in [0.2, 0.25) is 0 Å². The van der Waals surface area contributed by atoms with E-state index in [1.54, 1.807) is 11.0 Å². The molecule has 2 rings (SSSR count). The van der Waals surface area contributed by atoms with Crippen LogP contribution < -0.4 is 9.47 Å². The number of rotatable bonds is 7. The van der Waals surface area contributed by atoms with E-state index < -0.39 is 0 Å². The lowest BCUT2D eigenvalue weighted by molar-refractivity contribution is -0.136. The summed E-state index contributed by atoms with van der Waals surface area (Å²) < 4.78 is 11.1. The van der Waals surface area contributed by atoms with Gasteiger partial charge in [-0.2, -0.15) is 0 Å². The maximum Gasteiger partial charge on any atom is 0.260 e. The Morgan fingerprint density at radius 3 is 2.26 bits per heavy atom. The van der Waals surface area contributed by atoms with Crippen LogP contribution in [0.1, 0.15) is 33.1 Å². The third-order valence-corrected chi connectivity index (χ3v) is 4.15. The van der Waals surface area contributed by atoms with Crippen molar-refractivity contribution in [3.8, 4) is 11.5 Å². The fourth-order valence-electron chi connectivity index (χ4n) is 2.81. The maximum absolute atomic E-state index is 12.3. The predicted octanol–water partition coefficient (Wildman–Crippen LogP) is 2.68. The highest BCUT2D eigenvalue weighted by Crippen LogP contribution is 2.26. The zero-order valence-corrected chi connectivity index (χ0v) is 13.9. The molecule has 5 nitrogen and oxygen atoms in total. The Balaban J connectivity index is 1.83. The lowest BCUT2D eigenvalue weighted by Gasteiger charge is -2.31. The molecule has 5 heteroatoms. The SMILES string of the molecule is CCOc1ccccc1OCC(=O)N1CCC(C(=O)CC)CC1. The molecule has 1 aliphatic heterocycles. The number of para-hydroxylation sites is 2. The van der Waals surface area contributed by atoms with Gasteiger partial charge >= 0.3 is 0 Å². The summed E-state index contributed by atoms with van der Waals surface area (Å²) in [4.78, 5) is 25.8. The first-order valence-electron chi connectivity index (χ1n) is 8.30. The minimum absolute atomic E-state index is 0.00349. The van der Waals surface area contributed by atoms with E-state index in [2.05, 4.69) is 0 Å². The van der Waals surface area contributed by atoms with Gasteiger partial charge < -0.3 is 14.4 Å². The Hall–Kier alpha value is -2.04. The predicted molar refractivity (Wildman–Crippen MR) is 87.7 cm³/mol. The molecular weight excluding hydrogens is 294 g/mol. The lowest BCUT2D eigenvalue weighted by Crippen LogP contribution is -2.42. The van der Waals surface area contributed by atoms with E-state index in [9.17, 15) is 9.59 Å². The van der Waals surface area contributed by atoms with Crippen LogP contribution in [0.15, 0.2) is 24.3 Å². The highest BCUT2D eigenvalue weighted by Gasteiger charge is 2.26. The molecule has 126 valence electrons. The molecule has 0 N–H and O–H groups in total. The van der Waals surface area contributed by atoms with E-state index >= 15 is 0 Å². The molecule has 1 fully saturated rings. The van der Waals surface area contributed by atoms with Gasteiger partial charge in [0.15, 0.2) is 18.1 Å². The molecule has 0 unspecified atom stereocenters. The molecule has 0 spiro atoms. The van der Waals surface area contributed by atoms with Crippen LogP contribution in [0.4, 0.5) is 0 Å². The number of nitrogens with zero attached hydrogens (tertiary/aromatic N) is 1. The van der Waals surface area contributed by atoms with Crippen molar-refractivity contribution in [2.75, 3.05) is 26.3 Å². The van der Waals surface area contributed by atoms with Gasteiger partial charge in [0.25, 0.3) is 5.91 Å². The molecule has 0 saturated carbocycles. The summed E-state index contributed by atoms with van der Waals surface area (Å²) in [6.45, 7) is 5.61. The zero-order valence-electron chi connectivity index (χ0n) is 13.9. The van der Waals surface area contributed by atoms with Gasteiger partial charge in [-0.15, -0.1) is 0 Å². The largest absolute Gasteiger partial charge is 0.490 e. The number of hydrogen-bond donors (Lipinski definition) is 0. The van der Waals surface area contributed by atoms with Crippen LogP contribution in [0.2, 0.25) is 0 Å². The van der Waals surface area contributed by atoms with Gasteiger partial charge in [-0.05, 0) is 31.9 Å². The highest BCUT2D eigenvalue weighted by molar-refractivity contribution is 5.82. The smallest absolute Gasteiger partial charge is 0.260 e. The molecule has 1 saturated heterocycles. The van der Waals surface area contributed by atoms with E-state index in [4.69, 9.17) is 9.47 Å². The second-order valence-electron chi connectivity index (χ2n) is 5.64. The quantitative estimate of drug-likeness (QED) is 0.775. The van der Waals surface area contributed by atoms with Gasteiger partial charge in [0.1, 0.15) is 5.78 Å². The van der Waals surface area contributed by atoms with Gasteiger partial charge in [0, 0.05) is 25.4 Å². The fraction of sp³-hybridized carbons (Fsp3) is 0.556. The van der Waals surface area contributed by atoms with Gasteiger partial charge in [-0.3, -0.25) is 9.59 Å². The number of likely N-dealkylation sites (tertiary alicyclic amines) is 1. The van der Waals surface area contributed by atoms with Crippen molar-refractivity contribution in [3.05, 3.63) is 24.3 Å². The molecular formula is C18H25NO4. The van der Waals surface area contributed by atoms with Crippen LogP contribution in [0.25, 0.3) is 0 Å². The maximum atomic E-state index is 12.3. The molecule has 0 bridgehead atoms. The third kappa shape index (κ3) is 4.71. The van der Waals surface area contributed by atoms with Crippen molar-refractivity contribution in [2.24, 2.45) is 5.92 Å². The Kier molecular flexibility index (Phi) is 6.44. The first-order valence-corrected chi connectivity index (χ1v) is 8.30. The third-order valence-electron chi connectivity index (χ3n) is 4.15. The molecule has 1 aromatic carbocycles. The fourth-order valence-corrected chi connectivity index (χ4v) is 2.81. The standard InChI is InChI=1S/C18H25NO4/c1-3-15(20)14-9-11-19(12-10-14)18(21)13-23-17-8-6-5-7-16(17)22-4-2/h5-8,14H,3-4,9-13H2,1-2H3. The number of carbonyl (C=O) groups is 2. The van der Waals surface area contributed by atoms with Crippen LogP contribution in [0, 0.1) is 5.92 Å². The summed E-state index contributed by atoms with van der Waals surface area (Å²) in [6.07, 6.45) is 2.10. The van der Waals surface area contributed by atoms with E-state index in [1.165, 1.54) is 0 Å². The van der Waals surface area contributed by atoms with Crippen molar-refractivity contribution in [3.63, 3.8) is 0 Å². The number of ether oxygens (including phenoxy) is 2. The summed E-state index contributed by atoms with van der Waals surface area (Å²) in [7, 11) is 0. The molecule has 23 heavy (non-hydrogen) atoms. The second kappa shape index (κ2) is 8.56. The summed E-state index contributed by atoms with van der Waals surface area (Å²) in [5.74, 6) is 1.61. The van der Waals surface area contributed by atoms with Crippen molar-refractivity contribution < 1.29 is 19.1 Å². The van der Waals surface area contributed by atoms with E-state index in [-0.39, 0.29) is 18.4 Å². The molecule has 1 aliphatic rings. The van der Waals surface area contributed by atoms with Crippen LogP contribution in [0.3, 0.4) is 0 Å². The summed E-state index contributed by atoms with van der Waals surface area (Å²) in [6, 6.07) is 7.34. The van der Waals surface area contributed by atoms with Crippen LogP contribution in [-0.4, -0.2) is 42.9 Å². The monoisotopic (exact) mass is 319 g/mol. The van der Waals surface area contributed by atoms with Gasteiger partial charge in [0.05, 0.1) is 6.61 Å². The lowest BCUT2D eigenvalue weighted by atomic mass is 9.91. The van der Waals surface area contributed by atoms with E-state index in [0.29, 0.717) is 43.4 Å². The Morgan fingerprint density at radius 1 is 1.09 bits per heavy atom. The number of Topliss-reactive ketones (excluding diaryl/α,β-unsaturated/α-hetero) is 1. The Labute approximate surface area is 137 Å². The molecule has 0 atom stereocenters. The number of amides is 1. The van der Waals surface area contributed by atoms with E-state index in [0.717, 1.165) is 12.8 Å². The van der Waals surface area contributed by atoms with Crippen LogP contribution in [-0.2, 0) is 9.59 Å². The highest BCUT2D eigenvalue weighted by atomic mass is 16.5. The molecule has 1 heterocycles. The first-order chi connectivity index (χ1) is 11.2. The first kappa shape index (κ1) is 17.3. The van der Waals surface area contributed by atoms with Gasteiger partial charge in [-0.1, -0.05) is 19.1 Å². The van der Waals surface area contributed by atoms with Crippen molar-refractivity contribution in [2.45, 2.75) is 33.1 Å². The van der Waals surface area contributed by atoms with E-state index in [1.807, 2.05) is 32.0 Å². The normalized spacial score (nSPS) is 15.3. The average molecular weight is 319 g/mol. The van der Waals surface area contributed by atoms with Gasteiger partial charge in [-0.25, -0.2) is 0 Å². The molecule has 0 aromatic heterocycles. The molecule has 1 aromatic rings. The van der Waals surface area contributed by atoms with Crippen molar-refractivity contribution in [1.82, 2.24) is 4.90 Å². The van der Waals surface area contributed by atoms with Crippen molar-refractivity contribution >= 4 is 11.7 Å². The number of ketones is 1. The van der Waals surface area contributed by atoms with Crippen LogP contribution >= 0.6 is 0 Å². The Morgan fingerprint density at radius 2 is 1.70 bits per heavy atom. The zero-order chi connectivity index (χ0) is 16.7. The number of benzene rings is 1.